The Bertz CT molecular complexity index is 665. The Morgan fingerprint density at radius 2 is 2.05 bits per heavy atom. The molecule has 2 aromatic carbocycles. The van der Waals surface area contributed by atoms with Gasteiger partial charge in [-0.3, -0.25) is 0 Å². The van der Waals surface area contributed by atoms with E-state index in [2.05, 4.69) is 0 Å². The van der Waals surface area contributed by atoms with Gasteiger partial charge in [-0.05, 0) is 29.8 Å². The van der Waals surface area contributed by atoms with Crippen LogP contribution in [0.1, 0.15) is 11.1 Å². The summed E-state index contributed by atoms with van der Waals surface area (Å²) in [4.78, 5) is 0. The molecule has 0 fully saturated rings. The summed E-state index contributed by atoms with van der Waals surface area (Å²) in [6.07, 6.45) is 0. The van der Waals surface area contributed by atoms with Crippen LogP contribution in [0, 0.1) is 17.1 Å². The number of hydrogen-bond donors (Lipinski definition) is 1. The van der Waals surface area contributed by atoms with Gasteiger partial charge >= 0.3 is 0 Å². The zero-order valence-electron chi connectivity index (χ0n) is 10.9. The van der Waals surface area contributed by atoms with E-state index in [1.807, 2.05) is 0 Å². The maximum absolute atomic E-state index is 13.4. The summed E-state index contributed by atoms with van der Waals surface area (Å²) in [5.41, 5.74) is 6.98. The maximum atomic E-state index is 13.4. The fourth-order valence-electron chi connectivity index (χ4n) is 1.77. The normalized spacial score (nSPS) is 9.85. The lowest BCUT2D eigenvalue weighted by atomic mass is 10.2. The third kappa shape index (κ3) is 2.81. The van der Waals surface area contributed by atoms with Gasteiger partial charge in [-0.2, -0.15) is 5.26 Å². The van der Waals surface area contributed by atoms with Gasteiger partial charge < -0.3 is 15.2 Å². The van der Waals surface area contributed by atoms with Crippen LogP contribution in [0.4, 0.5) is 10.1 Å². The molecule has 2 N–H and O–H groups in total. The molecule has 0 amide bonds. The first-order valence-corrected chi connectivity index (χ1v) is 5.89. The molecule has 0 saturated carbocycles. The SMILES string of the molecule is COc1ccc(COc2cccc(F)c2C#N)cc1N. The summed E-state index contributed by atoms with van der Waals surface area (Å²) < 4.78 is 23.9. The van der Waals surface area contributed by atoms with Crippen molar-refractivity contribution in [2.45, 2.75) is 6.61 Å². The van der Waals surface area contributed by atoms with Gasteiger partial charge in [0.15, 0.2) is 0 Å². The van der Waals surface area contributed by atoms with E-state index in [1.165, 1.54) is 19.2 Å². The molecule has 0 saturated heterocycles. The Morgan fingerprint density at radius 3 is 2.70 bits per heavy atom. The van der Waals surface area contributed by atoms with Crippen LogP contribution in [-0.2, 0) is 6.61 Å². The van der Waals surface area contributed by atoms with Crippen LogP contribution in [0.2, 0.25) is 0 Å². The van der Waals surface area contributed by atoms with E-state index >= 15 is 0 Å². The minimum Gasteiger partial charge on any atom is -0.495 e. The Balaban J connectivity index is 2.15. The molecule has 0 heterocycles. The highest BCUT2D eigenvalue weighted by atomic mass is 19.1. The number of methoxy groups -OCH3 is 1. The van der Waals surface area contributed by atoms with Crippen LogP contribution in [0.5, 0.6) is 11.5 Å². The number of ether oxygens (including phenoxy) is 2. The minimum atomic E-state index is -0.598. The molecule has 0 bridgehead atoms. The molecule has 4 nitrogen and oxygen atoms in total. The number of hydrogen-bond acceptors (Lipinski definition) is 4. The highest BCUT2D eigenvalue weighted by Gasteiger charge is 2.09. The molecule has 2 rings (SSSR count). The van der Waals surface area contributed by atoms with Crippen molar-refractivity contribution < 1.29 is 13.9 Å². The average Bonchev–Trinajstić information content (AvgIpc) is 2.45. The lowest BCUT2D eigenvalue weighted by Gasteiger charge is -2.10. The molecular weight excluding hydrogens is 259 g/mol. The number of nitrogens with zero attached hydrogens (tertiary/aromatic N) is 1. The van der Waals surface area contributed by atoms with E-state index in [4.69, 9.17) is 20.5 Å². The fourth-order valence-corrected chi connectivity index (χ4v) is 1.77. The average molecular weight is 272 g/mol. The second kappa shape index (κ2) is 5.93. The van der Waals surface area contributed by atoms with Gasteiger partial charge in [-0.15, -0.1) is 0 Å². The van der Waals surface area contributed by atoms with E-state index in [9.17, 15) is 4.39 Å². The maximum Gasteiger partial charge on any atom is 0.144 e. The molecule has 0 aliphatic carbocycles. The van der Waals surface area contributed by atoms with Crippen molar-refractivity contribution in [1.82, 2.24) is 0 Å². The van der Waals surface area contributed by atoms with Crippen molar-refractivity contribution in [2.24, 2.45) is 0 Å². The first-order valence-electron chi connectivity index (χ1n) is 5.89. The van der Waals surface area contributed by atoms with Gasteiger partial charge in [0.25, 0.3) is 0 Å². The molecule has 0 aromatic heterocycles. The van der Waals surface area contributed by atoms with Crippen LogP contribution in [0.25, 0.3) is 0 Å². The molecule has 2 aromatic rings. The van der Waals surface area contributed by atoms with Crippen molar-refractivity contribution in [1.29, 1.82) is 5.26 Å². The lowest BCUT2D eigenvalue weighted by molar-refractivity contribution is 0.303. The van der Waals surface area contributed by atoms with Gasteiger partial charge in [0.2, 0.25) is 0 Å². The number of nitrogens with two attached hydrogens (primary N) is 1. The number of nitrogen functional groups attached to an aromatic ring is 1. The van der Waals surface area contributed by atoms with Crippen LogP contribution in [0.3, 0.4) is 0 Å². The van der Waals surface area contributed by atoms with Gasteiger partial charge in [-0.25, -0.2) is 4.39 Å². The summed E-state index contributed by atoms with van der Waals surface area (Å²) in [5, 5.41) is 8.90. The van der Waals surface area contributed by atoms with Crippen molar-refractivity contribution >= 4 is 5.69 Å². The third-order valence-electron chi connectivity index (χ3n) is 2.78. The molecule has 102 valence electrons. The van der Waals surface area contributed by atoms with Crippen molar-refractivity contribution in [2.75, 3.05) is 12.8 Å². The van der Waals surface area contributed by atoms with Gasteiger partial charge in [-0.1, -0.05) is 12.1 Å². The topological polar surface area (TPSA) is 68.3 Å². The van der Waals surface area contributed by atoms with Crippen LogP contribution >= 0.6 is 0 Å². The predicted molar refractivity (Wildman–Crippen MR) is 72.9 cm³/mol. The Kier molecular flexibility index (Phi) is 4.06. The molecule has 20 heavy (non-hydrogen) atoms. The van der Waals surface area contributed by atoms with Gasteiger partial charge in [0.05, 0.1) is 12.8 Å². The summed E-state index contributed by atoms with van der Waals surface area (Å²) >= 11 is 0. The predicted octanol–water partition coefficient (Wildman–Crippen LogP) is 2.87. The number of halogens is 1. The van der Waals surface area contributed by atoms with E-state index in [1.54, 1.807) is 30.3 Å². The number of anilines is 1. The lowest BCUT2D eigenvalue weighted by Crippen LogP contribution is -2.00. The molecule has 0 unspecified atom stereocenters. The zero-order chi connectivity index (χ0) is 14.5. The largest absolute Gasteiger partial charge is 0.495 e. The first kappa shape index (κ1) is 13.7. The van der Waals surface area contributed by atoms with Gasteiger partial charge in [0.1, 0.15) is 35.6 Å². The van der Waals surface area contributed by atoms with E-state index in [-0.39, 0.29) is 17.9 Å². The molecule has 0 radical (unpaired) electrons. The summed E-state index contributed by atoms with van der Waals surface area (Å²) in [6, 6.07) is 11.3. The Morgan fingerprint density at radius 1 is 1.25 bits per heavy atom. The second-order valence-corrected chi connectivity index (χ2v) is 4.09. The molecule has 0 aliphatic heterocycles. The molecular formula is C15H13FN2O2. The smallest absolute Gasteiger partial charge is 0.144 e. The highest BCUT2D eigenvalue weighted by Crippen LogP contribution is 2.24. The fraction of sp³-hybridized carbons (Fsp3) is 0.133. The van der Waals surface area contributed by atoms with E-state index in [0.717, 1.165) is 5.56 Å². The number of rotatable bonds is 4. The number of nitriles is 1. The highest BCUT2D eigenvalue weighted by molar-refractivity contribution is 5.54. The van der Waals surface area contributed by atoms with Crippen molar-refractivity contribution in [3.8, 4) is 17.6 Å². The van der Waals surface area contributed by atoms with Crippen molar-refractivity contribution in [3.63, 3.8) is 0 Å². The van der Waals surface area contributed by atoms with E-state index < -0.39 is 5.82 Å². The summed E-state index contributed by atoms with van der Waals surface area (Å²) in [5.74, 6) is 0.193. The van der Waals surface area contributed by atoms with Crippen LogP contribution < -0.4 is 15.2 Å². The third-order valence-corrected chi connectivity index (χ3v) is 2.78. The van der Waals surface area contributed by atoms with Crippen LogP contribution in [0.15, 0.2) is 36.4 Å². The summed E-state index contributed by atoms with van der Waals surface area (Å²) in [6.45, 7) is 0.187. The first-order chi connectivity index (χ1) is 9.65. The molecule has 0 aliphatic rings. The quantitative estimate of drug-likeness (QED) is 0.869. The number of benzene rings is 2. The minimum absolute atomic E-state index is 0.103. The monoisotopic (exact) mass is 272 g/mol. The van der Waals surface area contributed by atoms with Gasteiger partial charge in [0, 0.05) is 0 Å². The summed E-state index contributed by atoms with van der Waals surface area (Å²) in [7, 11) is 1.54. The molecule has 5 heteroatoms. The Labute approximate surface area is 116 Å². The zero-order valence-corrected chi connectivity index (χ0v) is 10.9. The molecule has 0 atom stereocenters. The van der Waals surface area contributed by atoms with E-state index in [0.29, 0.717) is 11.4 Å². The molecule has 0 spiro atoms. The second-order valence-electron chi connectivity index (χ2n) is 4.09. The van der Waals surface area contributed by atoms with Crippen molar-refractivity contribution in [3.05, 3.63) is 53.3 Å². The van der Waals surface area contributed by atoms with Crippen LogP contribution in [-0.4, -0.2) is 7.11 Å². The standard InChI is InChI=1S/C15H13FN2O2/c1-19-15-6-5-10(7-13(15)18)9-20-14-4-2-3-12(16)11(14)8-17/h2-7H,9,18H2,1H3. The Hall–Kier alpha value is -2.74.